The second-order valence-corrected chi connectivity index (χ2v) is 7.73. The number of carboxylic acid groups (broad SMARTS) is 1. The fourth-order valence-electron chi connectivity index (χ4n) is 3.81. The zero-order chi connectivity index (χ0) is 19.6. The monoisotopic (exact) mass is 376 g/mol. The topological polar surface area (TPSA) is 77.9 Å². The van der Waals surface area contributed by atoms with Gasteiger partial charge < -0.3 is 14.9 Å². The summed E-state index contributed by atoms with van der Waals surface area (Å²) in [6, 6.07) is 6.45. The Bertz CT molecular complexity index is 747. The normalized spacial score (nSPS) is 20.8. The van der Waals surface area contributed by atoms with Gasteiger partial charge in [0.15, 0.2) is 0 Å². The SMILES string of the molecule is CN(CC(=O)N1CCCC(C(=O)O)C1)C(=O)C1(Cc2ccccc2F)CC1. The second-order valence-electron chi connectivity index (χ2n) is 7.73. The van der Waals surface area contributed by atoms with Gasteiger partial charge in [-0.1, -0.05) is 18.2 Å². The van der Waals surface area contributed by atoms with Gasteiger partial charge in [0.2, 0.25) is 11.8 Å². The predicted molar refractivity (Wildman–Crippen MR) is 96.3 cm³/mol. The first-order chi connectivity index (χ1) is 12.8. The van der Waals surface area contributed by atoms with Gasteiger partial charge in [-0.15, -0.1) is 0 Å². The average Bonchev–Trinajstić information content (AvgIpc) is 3.43. The summed E-state index contributed by atoms with van der Waals surface area (Å²) in [7, 11) is 1.58. The molecule has 1 aliphatic heterocycles. The van der Waals surface area contributed by atoms with Gasteiger partial charge in [-0.3, -0.25) is 14.4 Å². The van der Waals surface area contributed by atoms with Crippen LogP contribution in [0.3, 0.4) is 0 Å². The molecule has 6 nitrogen and oxygen atoms in total. The van der Waals surface area contributed by atoms with Crippen molar-refractivity contribution in [3.8, 4) is 0 Å². The zero-order valence-electron chi connectivity index (χ0n) is 15.5. The van der Waals surface area contributed by atoms with E-state index in [1.54, 1.807) is 25.2 Å². The maximum absolute atomic E-state index is 13.9. The van der Waals surface area contributed by atoms with Crippen molar-refractivity contribution in [2.45, 2.75) is 32.1 Å². The summed E-state index contributed by atoms with van der Waals surface area (Å²) >= 11 is 0. The molecular formula is C20H25FN2O4. The third-order valence-electron chi connectivity index (χ3n) is 5.64. The number of carboxylic acids is 1. The van der Waals surface area contributed by atoms with E-state index in [1.165, 1.54) is 15.9 Å². The number of likely N-dealkylation sites (N-methyl/N-ethyl adjacent to an activating group) is 1. The molecule has 1 aromatic carbocycles. The van der Waals surface area contributed by atoms with E-state index >= 15 is 0 Å². The van der Waals surface area contributed by atoms with Gasteiger partial charge in [-0.25, -0.2) is 4.39 Å². The van der Waals surface area contributed by atoms with Crippen molar-refractivity contribution < 1.29 is 23.9 Å². The van der Waals surface area contributed by atoms with E-state index < -0.39 is 17.3 Å². The standard InChI is InChI=1S/C20H25FN2O4/c1-22(13-17(24)23-10-4-6-15(12-23)18(25)26)19(27)20(8-9-20)11-14-5-2-3-7-16(14)21/h2-3,5,7,15H,4,6,8-13H2,1H3,(H,25,26). The van der Waals surface area contributed by atoms with Crippen LogP contribution in [0.5, 0.6) is 0 Å². The lowest BCUT2D eigenvalue weighted by Crippen LogP contribution is -2.48. The molecule has 0 radical (unpaired) electrons. The highest BCUT2D eigenvalue weighted by atomic mass is 19.1. The molecular weight excluding hydrogens is 351 g/mol. The van der Waals surface area contributed by atoms with Crippen molar-refractivity contribution in [1.82, 2.24) is 9.80 Å². The van der Waals surface area contributed by atoms with Crippen molar-refractivity contribution in [2.75, 3.05) is 26.7 Å². The Morgan fingerprint density at radius 3 is 2.63 bits per heavy atom. The lowest BCUT2D eigenvalue weighted by molar-refractivity contribution is -0.148. The van der Waals surface area contributed by atoms with Crippen LogP contribution in [0.15, 0.2) is 24.3 Å². The molecule has 1 heterocycles. The van der Waals surface area contributed by atoms with Crippen molar-refractivity contribution in [2.24, 2.45) is 11.3 Å². The molecule has 1 aromatic rings. The van der Waals surface area contributed by atoms with Gasteiger partial charge in [-0.2, -0.15) is 0 Å². The quantitative estimate of drug-likeness (QED) is 0.823. The lowest BCUT2D eigenvalue weighted by atomic mass is 9.94. The maximum Gasteiger partial charge on any atom is 0.308 e. The van der Waals surface area contributed by atoms with Gasteiger partial charge >= 0.3 is 5.97 Å². The summed E-state index contributed by atoms with van der Waals surface area (Å²) in [6.07, 6.45) is 2.92. The van der Waals surface area contributed by atoms with Crippen LogP contribution in [0.1, 0.15) is 31.2 Å². The number of amides is 2. The number of aliphatic carboxylic acids is 1. The minimum Gasteiger partial charge on any atom is -0.481 e. The van der Waals surface area contributed by atoms with Crippen LogP contribution in [0, 0.1) is 17.2 Å². The first-order valence-electron chi connectivity index (χ1n) is 9.32. The highest BCUT2D eigenvalue weighted by molar-refractivity contribution is 5.90. The number of piperidine rings is 1. The average molecular weight is 376 g/mol. The number of carbonyl (C=O) groups is 3. The summed E-state index contributed by atoms with van der Waals surface area (Å²) in [6.45, 7) is 0.631. The smallest absolute Gasteiger partial charge is 0.308 e. The van der Waals surface area contributed by atoms with Crippen LogP contribution in [0.4, 0.5) is 4.39 Å². The molecule has 0 aromatic heterocycles. The number of carbonyl (C=O) groups excluding carboxylic acids is 2. The predicted octanol–water partition coefficient (Wildman–Crippen LogP) is 1.93. The first kappa shape index (κ1) is 19.3. The molecule has 1 aliphatic carbocycles. The van der Waals surface area contributed by atoms with Gasteiger partial charge in [-0.05, 0) is 43.7 Å². The van der Waals surface area contributed by atoms with Crippen LogP contribution in [-0.2, 0) is 20.8 Å². The number of likely N-dealkylation sites (tertiary alicyclic amines) is 1. The van der Waals surface area contributed by atoms with Gasteiger partial charge in [0.1, 0.15) is 5.82 Å². The summed E-state index contributed by atoms with van der Waals surface area (Å²) < 4.78 is 13.9. The van der Waals surface area contributed by atoms with Crippen LogP contribution in [-0.4, -0.2) is 59.4 Å². The zero-order valence-corrected chi connectivity index (χ0v) is 15.5. The van der Waals surface area contributed by atoms with E-state index in [-0.39, 0.29) is 30.7 Å². The molecule has 2 fully saturated rings. The molecule has 7 heteroatoms. The Labute approximate surface area is 157 Å². The largest absolute Gasteiger partial charge is 0.481 e. The molecule has 146 valence electrons. The fraction of sp³-hybridized carbons (Fsp3) is 0.550. The highest BCUT2D eigenvalue weighted by Gasteiger charge is 2.51. The number of rotatable bonds is 6. The lowest BCUT2D eigenvalue weighted by Gasteiger charge is -2.32. The minimum atomic E-state index is -0.890. The van der Waals surface area contributed by atoms with E-state index in [9.17, 15) is 18.8 Å². The van der Waals surface area contributed by atoms with E-state index in [1.807, 2.05) is 0 Å². The van der Waals surface area contributed by atoms with E-state index in [2.05, 4.69) is 0 Å². The molecule has 1 atom stereocenters. The molecule has 1 unspecified atom stereocenters. The number of halogens is 1. The van der Waals surface area contributed by atoms with Crippen LogP contribution < -0.4 is 0 Å². The molecule has 1 saturated carbocycles. The molecule has 1 saturated heterocycles. The van der Waals surface area contributed by atoms with Gasteiger partial charge in [0, 0.05) is 20.1 Å². The Hall–Kier alpha value is -2.44. The van der Waals surface area contributed by atoms with Crippen LogP contribution >= 0.6 is 0 Å². The number of hydrogen-bond acceptors (Lipinski definition) is 3. The highest BCUT2D eigenvalue weighted by Crippen LogP contribution is 2.50. The summed E-state index contributed by atoms with van der Waals surface area (Å²) in [5.74, 6) is -2.13. The van der Waals surface area contributed by atoms with Crippen molar-refractivity contribution in [3.05, 3.63) is 35.6 Å². The minimum absolute atomic E-state index is 0.0792. The first-order valence-corrected chi connectivity index (χ1v) is 9.32. The molecule has 27 heavy (non-hydrogen) atoms. The van der Waals surface area contributed by atoms with E-state index in [0.29, 0.717) is 44.2 Å². The summed E-state index contributed by atoms with van der Waals surface area (Å²) in [5.41, 5.74) is -0.105. The summed E-state index contributed by atoms with van der Waals surface area (Å²) in [5, 5.41) is 9.15. The Kier molecular flexibility index (Phi) is 5.48. The molecule has 2 aliphatic rings. The van der Waals surface area contributed by atoms with E-state index in [0.717, 1.165) is 0 Å². The van der Waals surface area contributed by atoms with Crippen molar-refractivity contribution in [3.63, 3.8) is 0 Å². The van der Waals surface area contributed by atoms with Gasteiger partial charge in [0.05, 0.1) is 17.9 Å². The third kappa shape index (κ3) is 4.28. The third-order valence-corrected chi connectivity index (χ3v) is 5.64. The molecule has 2 amide bonds. The van der Waals surface area contributed by atoms with Crippen LogP contribution in [0.25, 0.3) is 0 Å². The molecule has 3 rings (SSSR count). The van der Waals surface area contributed by atoms with Crippen molar-refractivity contribution in [1.29, 1.82) is 0 Å². The Morgan fingerprint density at radius 1 is 1.30 bits per heavy atom. The number of hydrogen-bond donors (Lipinski definition) is 1. The Balaban J connectivity index is 1.59. The van der Waals surface area contributed by atoms with Gasteiger partial charge in [0.25, 0.3) is 0 Å². The van der Waals surface area contributed by atoms with Crippen molar-refractivity contribution >= 4 is 17.8 Å². The number of benzene rings is 1. The number of nitrogens with zero attached hydrogens (tertiary/aromatic N) is 2. The summed E-state index contributed by atoms with van der Waals surface area (Å²) in [4.78, 5) is 39.5. The second kappa shape index (κ2) is 7.66. The van der Waals surface area contributed by atoms with E-state index in [4.69, 9.17) is 5.11 Å². The molecule has 0 spiro atoms. The van der Waals surface area contributed by atoms with Crippen LogP contribution in [0.2, 0.25) is 0 Å². The molecule has 1 N–H and O–H groups in total. The maximum atomic E-state index is 13.9. The fourth-order valence-corrected chi connectivity index (χ4v) is 3.81. The Morgan fingerprint density at radius 2 is 2.00 bits per heavy atom. The molecule has 0 bridgehead atoms.